The topological polar surface area (TPSA) is 32.3 Å². The van der Waals surface area contributed by atoms with Crippen molar-refractivity contribution in [3.05, 3.63) is 21.9 Å². The van der Waals surface area contributed by atoms with E-state index in [9.17, 15) is 4.79 Å². The van der Waals surface area contributed by atoms with Crippen LogP contribution in [0.25, 0.3) is 0 Å². The molecule has 110 valence electrons. The third kappa shape index (κ3) is 2.09. The number of fused-ring (bicyclic) bond motifs is 1. The maximum absolute atomic E-state index is 13.1. The zero-order valence-corrected chi connectivity index (χ0v) is 13.3. The highest BCUT2D eigenvalue weighted by Crippen LogP contribution is 2.40. The van der Waals surface area contributed by atoms with Gasteiger partial charge in [0.15, 0.2) is 0 Å². The minimum absolute atomic E-state index is 0.152. The molecule has 2 unspecified atom stereocenters. The number of carbonyl (C=O) groups excluding carboxylic acids is 1. The van der Waals surface area contributed by atoms with Crippen LogP contribution in [0.3, 0.4) is 0 Å². The van der Waals surface area contributed by atoms with Crippen LogP contribution in [-0.2, 0) is 11.2 Å². The van der Waals surface area contributed by atoms with Gasteiger partial charge in [-0.3, -0.25) is 4.79 Å². The summed E-state index contributed by atoms with van der Waals surface area (Å²) in [6.07, 6.45) is 3.99. The van der Waals surface area contributed by atoms with Crippen molar-refractivity contribution in [2.24, 2.45) is 5.41 Å². The molecule has 3 rings (SSSR count). The Labute approximate surface area is 125 Å². The number of rotatable bonds is 3. The number of hydrogen-bond acceptors (Lipinski definition) is 3. The highest BCUT2D eigenvalue weighted by molar-refractivity contribution is 7.10. The largest absolute Gasteiger partial charge is 0.335 e. The first-order chi connectivity index (χ1) is 9.72. The number of nitrogens with one attached hydrogen (secondary N) is 1. The van der Waals surface area contributed by atoms with E-state index in [-0.39, 0.29) is 5.41 Å². The fraction of sp³-hybridized carbons (Fsp3) is 0.688. The van der Waals surface area contributed by atoms with Crippen molar-refractivity contribution in [3.8, 4) is 0 Å². The number of amides is 1. The van der Waals surface area contributed by atoms with Crippen LogP contribution in [0, 0.1) is 5.41 Å². The molecule has 4 heteroatoms. The summed E-state index contributed by atoms with van der Waals surface area (Å²) >= 11 is 1.85. The average Bonchev–Trinajstić information content (AvgIpc) is 3.14. The van der Waals surface area contributed by atoms with Gasteiger partial charge in [-0.1, -0.05) is 13.8 Å². The van der Waals surface area contributed by atoms with Gasteiger partial charge in [-0.05, 0) is 49.2 Å². The Bertz CT molecular complexity index is 490. The first-order valence-electron chi connectivity index (χ1n) is 7.80. The molecule has 0 aromatic carbocycles. The summed E-state index contributed by atoms with van der Waals surface area (Å²) < 4.78 is 0. The molecule has 1 saturated heterocycles. The van der Waals surface area contributed by atoms with Crippen LogP contribution in [0.5, 0.6) is 0 Å². The van der Waals surface area contributed by atoms with Crippen molar-refractivity contribution >= 4 is 17.2 Å². The first kappa shape index (κ1) is 14.1. The predicted octanol–water partition coefficient (Wildman–Crippen LogP) is 2.97. The van der Waals surface area contributed by atoms with Gasteiger partial charge in [0.2, 0.25) is 5.91 Å². The van der Waals surface area contributed by atoms with Gasteiger partial charge in [-0.25, -0.2) is 0 Å². The summed E-state index contributed by atoms with van der Waals surface area (Å²) in [5.41, 5.74) is 1.25. The van der Waals surface area contributed by atoms with Crippen molar-refractivity contribution in [2.45, 2.75) is 45.6 Å². The van der Waals surface area contributed by atoms with Gasteiger partial charge < -0.3 is 10.2 Å². The summed E-state index contributed by atoms with van der Waals surface area (Å²) in [5, 5.41) is 5.56. The molecule has 3 heterocycles. The molecular formula is C16H24N2OS. The Morgan fingerprint density at radius 3 is 3.05 bits per heavy atom. The van der Waals surface area contributed by atoms with Crippen LogP contribution >= 0.6 is 11.3 Å². The Morgan fingerprint density at radius 1 is 1.55 bits per heavy atom. The third-order valence-corrected chi connectivity index (χ3v) is 6.11. The van der Waals surface area contributed by atoms with Gasteiger partial charge in [0.1, 0.15) is 0 Å². The second-order valence-electron chi connectivity index (χ2n) is 6.03. The number of nitrogens with zero attached hydrogens (tertiary/aromatic N) is 1. The van der Waals surface area contributed by atoms with Gasteiger partial charge in [0, 0.05) is 18.0 Å². The molecule has 0 saturated carbocycles. The average molecular weight is 292 g/mol. The Balaban J connectivity index is 1.88. The van der Waals surface area contributed by atoms with E-state index in [0.29, 0.717) is 11.9 Å². The van der Waals surface area contributed by atoms with Crippen LogP contribution in [0.4, 0.5) is 0 Å². The second kappa shape index (κ2) is 5.49. The van der Waals surface area contributed by atoms with E-state index >= 15 is 0 Å². The zero-order valence-electron chi connectivity index (χ0n) is 12.4. The van der Waals surface area contributed by atoms with E-state index in [2.05, 4.69) is 35.5 Å². The standard InChI is InChI=1S/C16H24N2OS/c1-3-13-12-6-10-20-14(12)5-9-18(13)15(19)16(4-2)7-8-17-11-16/h6,10,13,17H,3-5,7-9,11H2,1-2H3. The molecule has 2 atom stereocenters. The molecule has 2 aliphatic heterocycles. The second-order valence-corrected chi connectivity index (χ2v) is 7.03. The lowest BCUT2D eigenvalue weighted by Crippen LogP contribution is -2.48. The van der Waals surface area contributed by atoms with Crippen LogP contribution in [0.2, 0.25) is 0 Å². The maximum atomic E-state index is 13.1. The van der Waals surface area contributed by atoms with Gasteiger partial charge in [0.25, 0.3) is 0 Å². The van der Waals surface area contributed by atoms with Crippen molar-refractivity contribution in [1.29, 1.82) is 0 Å². The fourth-order valence-electron chi connectivity index (χ4n) is 3.76. The van der Waals surface area contributed by atoms with Crippen LogP contribution < -0.4 is 5.32 Å². The first-order valence-corrected chi connectivity index (χ1v) is 8.68. The lowest BCUT2D eigenvalue weighted by Gasteiger charge is -2.40. The van der Waals surface area contributed by atoms with E-state index in [1.807, 2.05) is 11.3 Å². The number of carbonyl (C=O) groups is 1. The summed E-state index contributed by atoms with van der Waals surface area (Å²) in [6, 6.07) is 2.51. The minimum atomic E-state index is -0.152. The highest BCUT2D eigenvalue weighted by Gasteiger charge is 2.44. The Morgan fingerprint density at radius 2 is 2.40 bits per heavy atom. The number of thiophene rings is 1. The van der Waals surface area contributed by atoms with E-state index in [4.69, 9.17) is 0 Å². The van der Waals surface area contributed by atoms with E-state index in [1.165, 1.54) is 10.4 Å². The molecule has 0 spiro atoms. The van der Waals surface area contributed by atoms with Crippen molar-refractivity contribution in [1.82, 2.24) is 10.2 Å². The fourth-order valence-corrected chi connectivity index (χ4v) is 4.69. The summed E-state index contributed by atoms with van der Waals surface area (Å²) in [5.74, 6) is 0.383. The SMILES string of the molecule is CCC1c2ccsc2CCN1C(=O)C1(CC)CCNC1. The van der Waals surface area contributed by atoms with Crippen LogP contribution in [0.1, 0.15) is 49.6 Å². The Kier molecular flexibility index (Phi) is 3.87. The van der Waals surface area contributed by atoms with Crippen molar-refractivity contribution in [2.75, 3.05) is 19.6 Å². The molecule has 20 heavy (non-hydrogen) atoms. The van der Waals surface area contributed by atoms with Gasteiger partial charge >= 0.3 is 0 Å². The lowest BCUT2D eigenvalue weighted by atomic mass is 9.81. The molecule has 0 bridgehead atoms. The van der Waals surface area contributed by atoms with Crippen LogP contribution in [0.15, 0.2) is 11.4 Å². The molecule has 1 aromatic rings. The molecule has 1 fully saturated rings. The summed E-state index contributed by atoms with van der Waals surface area (Å²) in [6.45, 7) is 7.08. The van der Waals surface area contributed by atoms with Crippen molar-refractivity contribution < 1.29 is 4.79 Å². The molecule has 2 aliphatic rings. The third-order valence-electron chi connectivity index (χ3n) is 5.12. The molecule has 1 amide bonds. The summed E-state index contributed by atoms with van der Waals surface area (Å²) in [7, 11) is 0. The number of hydrogen-bond donors (Lipinski definition) is 1. The molecule has 1 N–H and O–H groups in total. The minimum Gasteiger partial charge on any atom is -0.335 e. The van der Waals surface area contributed by atoms with Gasteiger partial charge in [-0.2, -0.15) is 0 Å². The Hall–Kier alpha value is -0.870. The maximum Gasteiger partial charge on any atom is 0.230 e. The zero-order chi connectivity index (χ0) is 14.2. The lowest BCUT2D eigenvalue weighted by molar-refractivity contribution is -0.144. The summed E-state index contributed by atoms with van der Waals surface area (Å²) in [4.78, 5) is 16.8. The predicted molar refractivity (Wildman–Crippen MR) is 83.0 cm³/mol. The molecule has 3 nitrogen and oxygen atoms in total. The van der Waals surface area contributed by atoms with E-state index < -0.39 is 0 Å². The molecule has 0 aliphatic carbocycles. The van der Waals surface area contributed by atoms with Crippen LogP contribution in [-0.4, -0.2) is 30.4 Å². The van der Waals surface area contributed by atoms with Gasteiger partial charge in [-0.15, -0.1) is 11.3 Å². The molecule has 0 radical (unpaired) electrons. The normalized spacial score (nSPS) is 29.5. The quantitative estimate of drug-likeness (QED) is 0.929. The molecule has 1 aromatic heterocycles. The molecular weight excluding hydrogens is 268 g/mol. The monoisotopic (exact) mass is 292 g/mol. The van der Waals surface area contributed by atoms with Crippen molar-refractivity contribution in [3.63, 3.8) is 0 Å². The van der Waals surface area contributed by atoms with E-state index in [1.54, 1.807) is 0 Å². The van der Waals surface area contributed by atoms with Gasteiger partial charge in [0.05, 0.1) is 11.5 Å². The highest BCUT2D eigenvalue weighted by atomic mass is 32.1. The smallest absolute Gasteiger partial charge is 0.230 e. The van der Waals surface area contributed by atoms with E-state index in [0.717, 1.165) is 45.3 Å².